The van der Waals surface area contributed by atoms with Crippen molar-refractivity contribution in [2.24, 2.45) is 5.41 Å². The predicted octanol–water partition coefficient (Wildman–Crippen LogP) is 2.37. The molecule has 0 bridgehead atoms. The number of methoxy groups -OCH3 is 1. The molecule has 3 heterocycles. The van der Waals surface area contributed by atoms with Crippen LogP contribution in [-0.2, 0) is 17.9 Å². The van der Waals surface area contributed by atoms with E-state index in [4.69, 9.17) is 4.74 Å². The molecule has 1 aromatic rings. The van der Waals surface area contributed by atoms with Crippen LogP contribution in [-0.4, -0.2) is 77.1 Å². The molecule has 2 amide bonds. The average molecular weight is 376 g/mol. The smallest absolute Gasteiger partial charge is 0.319 e. The summed E-state index contributed by atoms with van der Waals surface area (Å²) in [6, 6.07) is 0.205. The van der Waals surface area contributed by atoms with Gasteiger partial charge in [-0.3, -0.25) is 4.90 Å². The van der Waals surface area contributed by atoms with Crippen molar-refractivity contribution < 1.29 is 9.53 Å². The van der Waals surface area contributed by atoms with E-state index < -0.39 is 0 Å². The lowest BCUT2D eigenvalue weighted by atomic mass is 9.79. The number of urea groups is 1. The fraction of sp³-hybridized carbons (Fsp3) is 0.750. The zero-order valence-electron chi connectivity index (χ0n) is 17.0. The first-order chi connectivity index (χ1) is 13.1. The second-order valence-corrected chi connectivity index (χ2v) is 7.88. The van der Waals surface area contributed by atoms with Crippen molar-refractivity contribution in [2.45, 2.75) is 46.3 Å². The van der Waals surface area contributed by atoms with E-state index in [1.165, 1.54) is 12.8 Å². The summed E-state index contributed by atoms with van der Waals surface area (Å²) >= 11 is 0. The van der Waals surface area contributed by atoms with Crippen LogP contribution in [0.15, 0.2) is 12.4 Å². The van der Waals surface area contributed by atoms with Gasteiger partial charge in [-0.1, -0.05) is 0 Å². The molecule has 0 aliphatic carbocycles. The van der Waals surface area contributed by atoms with Gasteiger partial charge >= 0.3 is 6.03 Å². The maximum atomic E-state index is 12.7. The highest BCUT2D eigenvalue weighted by atomic mass is 16.5. The van der Waals surface area contributed by atoms with E-state index in [-0.39, 0.29) is 11.4 Å². The van der Waals surface area contributed by atoms with Crippen molar-refractivity contribution in [3.05, 3.63) is 23.8 Å². The number of carbonyl (C=O) groups excluding carboxylic acids is 1. The van der Waals surface area contributed by atoms with Gasteiger partial charge in [0.15, 0.2) is 5.82 Å². The first-order valence-electron chi connectivity index (χ1n) is 10.1. The van der Waals surface area contributed by atoms with Crippen molar-refractivity contribution in [3.63, 3.8) is 0 Å². The number of aromatic nitrogens is 2. The van der Waals surface area contributed by atoms with E-state index in [9.17, 15) is 4.79 Å². The molecule has 7 heteroatoms. The van der Waals surface area contributed by atoms with Crippen molar-refractivity contribution in [2.75, 3.05) is 46.4 Å². The minimum atomic E-state index is 0.205. The number of nitrogens with zero attached hydrogens (tertiary/aromatic N) is 5. The van der Waals surface area contributed by atoms with Crippen molar-refractivity contribution >= 4 is 6.03 Å². The van der Waals surface area contributed by atoms with Gasteiger partial charge in [-0.15, -0.1) is 0 Å². The Hall–Kier alpha value is -1.73. The van der Waals surface area contributed by atoms with E-state index in [2.05, 4.69) is 33.6 Å². The normalized spacial score (nSPS) is 23.1. The Morgan fingerprint density at radius 2 is 1.93 bits per heavy atom. The molecule has 2 fully saturated rings. The van der Waals surface area contributed by atoms with E-state index in [1.807, 2.05) is 17.3 Å². The highest BCUT2D eigenvalue weighted by molar-refractivity contribution is 5.74. The van der Waals surface area contributed by atoms with Gasteiger partial charge in [-0.25, -0.2) is 14.8 Å². The first kappa shape index (κ1) is 20.0. The van der Waals surface area contributed by atoms with Crippen molar-refractivity contribution in [1.29, 1.82) is 0 Å². The summed E-state index contributed by atoms with van der Waals surface area (Å²) in [5.41, 5.74) is 1.39. The van der Waals surface area contributed by atoms with E-state index in [0.717, 1.165) is 63.6 Å². The Bertz CT molecular complexity index is 619. The molecule has 0 N–H and O–H groups in total. The summed E-state index contributed by atoms with van der Waals surface area (Å²) in [5.74, 6) is 0.720. The third-order valence-electron chi connectivity index (χ3n) is 5.92. The Morgan fingerprint density at radius 3 is 2.59 bits per heavy atom. The molecule has 150 valence electrons. The quantitative estimate of drug-likeness (QED) is 0.764. The third-order valence-corrected chi connectivity index (χ3v) is 5.92. The van der Waals surface area contributed by atoms with Crippen LogP contribution in [0.3, 0.4) is 0 Å². The number of amides is 2. The van der Waals surface area contributed by atoms with Crippen LogP contribution in [0.5, 0.6) is 0 Å². The molecule has 0 aromatic carbocycles. The first-order valence-corrected chi connectivity index (χ1v) is 10.1. The second-order valence-electron chi connectivity index (χ2n) is 7.88. The SMILES string of the molecule is CCN(CC)C(=O)N1CC[C@@]2(CCCN(Cc3cnc(COC)nc3)C2)C1. The molecule has 1 atom stereocenters. The molecule has 1 spiro atoms. The van der Waals surface area contributed by atoms with Gasteiger partial charge in [0.2, 0.25) is 0 Å². The van der Waals surface area contributed by atoms with Crippen molar-refractivity contribution in [3.8, 4) is 0 Å². The summed E-state index contributed by atoms with van der Waals surface area (Å²) in [6.07, 6.45) is 7.34. The minimum Gasteiger partial charge on any atom is -0.377 e. The average Bonchev–Trinajstić information content (AvgIpc) is 3.07. The van der Waals surface area contributed by atoms with Gasteiger partial charge < -0.3 is 14.5 Å². The molecular weight excluding hydrogens is 342 g/mol. The maximum Gasteiger partial charge on any atom is 0.319 e. The summed E-state index contributed by atoms with van der Waals surface area (Å²) in [5, 5.41) is 0. The molecule has 3 rings (SSSR count). The van der Waals surface area contributed by atoms with Crippen LogP contribution in [0, 0.1) is 5.41 Å². The van der Waals surface area contributed by atoms with Gasteiger partial charge in [0.05, 0.1) is 0 Å². The number of hydrogen-bond acceptors (Lipinski definition) is 5. The number of hydrogen-bond donors (Lipinski definition) is 0. The van der Waals surface area contributed by atoms with Crippen LogP contribution >= 0.6 is 0 Å². The largest absolute Gasteiger partial charge is 0.377 e. The fourth-order valence-electron chi connectivity index (χ4n) is 4.50. The van der Waals surface area contributed by atoms with Gasteiger partial charge in [0.25, 0.3) is 0 Å². The molecule has 0 saturated carbocycles. The minimum absolute atomic E-state index is 0.205. The monoisotopic (exact) mass is 375 g/mol. The summed E-state index contributed by atoms with van der Waals surface area (Å²) in [7, 11) is 1.65. The highest BCUT2D eigenvalue weighted by Gasteiger charge is 2.43. The van der Waals surface area contributed by atoms with Crippen LogP contribution in [0.25, 0.3) is 0 Å². The Labute approximate surface area is 162 Å². The lowest BCUT2D eigenvalue weighted by molar-refractivity contribution is 0.0867. The van der Waals surface area contributed by atoms with Gasteiger partial charge in [0.1, 0.15) is 6.61 Å². The number of carbonyl (C=O) groups is 1. The van der Waals surface area contributed by atoms with Crippen LogP contribution < -0.4 is 0 Å². The molecule has 2 saturated heterocycles. The Kier molecular flexibility index (Phi) is 6.65. The van der Waals surface area contributed by atoms with E-state index in [1.54, 1.807) is 7.11 Å². The molecule has 2 aliphatic rings. The number of likely N-dealkylation sites (tertiary alicyclic amines) is 2. The van der Waals surface area contributed by atoms with E-state index in [0.29, 0.717) is 6.61 Å². The topological polar surface area (TPSA) is 61.8 Å². The molecule has 1 aromatic heterocycles. The van der Waals surface area contributed by atoms with Gasteiger partial charge in [-0.05, 0) is 39.7 Å². The molecule has 0 unspecified atom stereocenters. The molecule has 27 heavy (non-hydrogen) atoms. The fourth-order valence-corrected chi connectivity index (χ4v) is 4.50. The molecule has 2 aliphatic heterocycles. The van der Waals surface area contributed by atoms with Crippen LogP contribution in [0.4, 0.5) is 4.79 Å². The summed E-state index contributed by atoms with van der Waals surface area (Å²) in [4.78, 5) is 28.0. The second kappa shape index (κ2) is 8.97. The number of rotatable bonds is 6. The lowest BCUT2D eigenvalue weighted by Crippen LogP contribution is -2.47. The molecule has 7 nitrogen and oxygen atoms in total. The van der Waals surface area contributed by atoms with Crippen LogP contribution in [0.1, 0.15) is 44.5 Å². The third kappa shape index (κ3) is 4.76. The maximum absolute atomic E-state index is 12.7. The number of ether oxygens (including phenoxy) is 1. The van der Waals surface area contributed by atoms with Crippen molar-refractivity contribution in [1.82, 2.24) is 24.7 Å². The van der Waals surface area contributed by atoms with Crippen LogP contribution in [0.2, 0.25) is 0 Å². The lowest BCUT2D eigenvalue weighted by Gasteiger charge is -2.40. The Balaban J connectivity index is 1.58. The molecule has 0 radical (unpaired) electrons. The van der Waals surface area contributed by atoms with Gasteiger partial charge in [0, 0.05) is 69.8 Å². The summed E-state index contributed by atoms with van der Waals surface area (Å²) in [6.45, 7) is 10.9. The van der Waals surface area contributed by atoms with E-state index >= 15 is 0 Å². The zero-order valence-corrected chi connectivity index (χ0v) is 17.0. The predicted molar refractivity (Wildman–Crippen MR) is 104 cm³/mol. The number of piperidine rings is 1. The standard InChI is InChI=1S/C20H33N5O2/c1-4-24(5-2)19(26)25-10-8-20(16-25)7-6-9-23(15-20)13-17-11-21-18(14-27-3)22-12-17/h11-12H,4-10,13-16H2,1-3H3/t20-/m1/s1. The Morgan fingerprint density at radius 1 is 1.19 bits per heavy atom. The molecular formula is C20H33N5O2. The summed E-state index contributed by atoms with van der Waals surface area (Å²) < 4.78 is 5.07. The zero-order chi connectivity index (χ0) is 19.3. The van der Waals surface area contributed by atoms with Gasteiger partial charge in [-0.2, -0.15) is 0 Å². The highest BCUT2D eigenvalue weighted by Crippen LogP contribution is 2.39.